The van der Waals surface area contributed by atoms with Gasteiger partial charge in [0.2, 0.25) is 11.8 Å². The summed E-state index contributed by atoms with van der Waals surface area (Å²) in [5.41, 5.74) is 8.97. The van der Waals surface area contributed by atoms with Gasteiger partial charge in [0.15, 0.2) is 0 Å². The van der Waals surface area contributed by atoms with Gasteiger partial charge in [-0.05, 0) is 66.6 Å². The number of rotatable bonds is 7. The van der Waals surface area contributed by atoms with E-state index in [4.69, 9.17) is 10.5 Å². The quantitative estimate of drug-likeness (QED) is 0.595. The number of carbonyl (C=O) groups excluding carboxylic acids is 2. The molecule has 1 fully saturated rings. The molecule has 1 aromatic heterocycles. The molecule has 0 unspecified atom stereocenters. The Hall–Kier alpha value is -3.32. The van der Waals surface area contributed by atoms with Crippen molar-refractivity contribution in [2.45, 2.75) is 32.2 Å². The van der Waals surface area contributed by atoms with E-state index in [1.54, 1.807) is 13.2 Å². The number of anilines is 1. The Morgan fingerprint density at radius 1 is 1.12 bits per heavy atom. The Labute approximate surface area is 188 Å². The zero-order chi connectivity index (χ0) is 22.7. The number of hydrogen-bond acceptors (Lipinski definition) is 4. The van der Waals surface area contributed by atoms with Crippen molar-refractivity contribution in [2.24, 2.45) is 5.73 Å². The SMILES string of the molecule is COc1ccc(NC(C)=O)cc1CCN1CCC(n2ccc3ccc(C(N)=O)cc32)CC1. The molecule has 32 heavy (non-hydrogen) atoms. The van der Waals surface area contributed by atoms with Gasteiger partial charge in [0, 0.05) is 55.6 Å². The molecule has 7 heteroatoms. The zero-order valence-electron chi connectivity index (χ0n) is 18.6. The Kier molecular flexibility index (Phi) is 6.46. The van der Waals surface area contributed by atoms with Crippen molar-refractivity contribution < 1.29 is 14.3 Å². The van der Waals surface area contributed by atoms with Crippen LogP contribution in [-0.2, 0) is 11.2 Å². The Morgan fingerprint density at radius 2 is 1.91 bits per heavy atom. The third-order valence-corrected chi connectivity index (χ3v) is 6.26. The number of nitrogens with two attached hydrogens (primary N) is 1. The van der Waals surface area contributed by atoms with Crippen LogP contribution in [0.25, 0.3) is 10.9 Å². The number of aromatic nitrogens is 1. The van der Waals surface area contributed by atoms with Gasteiger partial charge in [-0.15, -0.1) is 0 Å². The molecule has 1 aliphatic rings. The molecule has 1 saturated heterocycles. The highest BCUT2D eigenvalue weighted by atomic mass is 16.5. The van der Waals surface area contributed by atoms with Crippen molar-refractivity contribution in [3.8, 4) is 5.75 Å². The minimum atomic E-state index is -0.396. The van der Waals surface area contributed by atoms with Gasteiger partial charge in [-0.3, -0.25) is 9.59 Å². The third-order valence-electron chi connectivity index (χ3n) is 6.26. The predicted octanol–water partition coefficient (Wildman–Crippen LogP) is 3.59. The van der Waals surface area contributed by atoms with Crippen LogP contribution in [0, 0.1) is 0 Å². The molecule has 1 aliphatic heterocycles. The van der Waals surface area contributed by atoms with E-state index in [0.29, 0.717) is 11.6 Å². The lowest BCUT2D eigenvalue weighted by atomic mass is 10.0. The summed E-state index contributed by atoms with van der Waals surface area (Å²) in [7, 11) is 1.67. The number of nitrogens with zero attached hydrogens (tertiary/aromatic N) is 2. The molecule has 3 N–H and O–H groups in total. The van der Waals surface area contributed by atoms with Crippen LogP contribution in [0.3, 0.4) is 0 Å². The molecule has 0 bridgehead atoms. The number of fused-ring (bicyclic) bond motifs is 1. The van der Waals surface area contributed by atoms with E-state index in [-0.39, 0.29) is 5.91 Å². The summed E-state index contributed by atoms with van der Waals surface area (Å²) < 4.78 is 7.80. The number of nitrogens with one attached hydrogen (secondary N) is 1. The highest BCUT2D eigenvalue weighted by Crippen LogP contribution is 2.29. The number of ether oxygens (including phenoxy) is 1. The molecule has 3 aromatic rings. The lowest BCUT2D eigenvalue weighted by Gasteiger charge is -2.33. The standard InChI is InChI=1S/C25H30N4O3/c1-17(30)27-21-5-6-24(32-2)19(15-21)7-11-28-12-9-22(10-13-28)29-14-8-18-3-4-20(25(26)31)16-23(18)29/h3-6,8,14-16,22H,7,9-13H2,1-2H3,(H2,26,31)(H,27,30). The Morgan fingerprint density at radius 3 is 2.59 bits per heavy atom. The molecule has 168 valence electrons. The van der Waals surface area contributed by atoms with E-state index in [1.807, 2.05) is 30.3 Å². The number of hydrogen-bond donors (Lipinski definition) is 2. The van der Waals surface area contributed by atoms with Crippen LogP contribution in [0.2, 0.25) is 0 Å². The van der Waals surface area contributed by atoms with E-state index in [2.05, 4.69) is 27.0 Å². The van der Waals surface area contributed by atoms with Gasteiger partial charge in [-0.2, -0.15) is 0 Å². The fraction of sp³-hybridized carbons (Fsp3) is 0.360. The topological polar surface area (TPSA) is 89.6 Å². The normalized spacial score (nSPS) is 15.1. The molecule has 2 heterocycles. The van der Waals surface area contributed by atoms with E-state index < -0.39 is 5.91 Å². The highest BCUT2D eigenvalue weighted by Gasteiger charge is 2.22. The first-order chi connectivity index (χ1) is 15.4. The first-order valence-electron chi connectivity index (χ1n) is 11.0. The smallest absolute Gasteiger partial charge is 0.248 e. The largest absolute Gasteiger partial charge is 0.496 e. The molecule has 0 saturated carbocycles. The molecule has 2 aromatic carbocycles. The van der Waals surface area contributed by atoms with Gasteiger partial charge >= 0.3 is 0 Å². The van der Waals surface area contributed by atoms with Crippen molar-refractivity contribution in [1.82, 2.24) is 9.47 Å². The van der Waals surface area contributed by atoms with E-state index in [0.717, 1.165) is 66.8 Å². The highest BCUT2D eigenvalue weighted by molar-refractivity contribution is 5.97. The summed E-state index contributed by atoms with van der Waals surface area (Å²) in [6.07, 6.45) is 5.07. The fourth-order valence-electron chi connectivity index (χ4n) is 4.58. The summed E-state index contributed by atoms with van der Waals surface area (Å²) in [6, 6.07) is 13.9. The van der Waals surface area contributed by atoms with Crippen molar-refractivity contribution in [3.63, 3.8) is 0 Å². The molecule has 0 atom stereocenters. The first-order valence-corrected chi connectivity index (χ1v) is 11.0. The van der Waals surface area contributed by atoms with Crippen LogP contribution >= 0.6 is 0 Å². The number of amides is 2. The van der Waals surface area contributed by atoms with Gasteiger partial charge in [-0.1, -0.05) is 6.07 Å². The number of piperidine rings is 1. The molecule has 4 rings (SSSR count). The van der Waals surface area contributed by atoms with Gasteiger partial charge in [-0.25, -0.2) is 0 Å². The maximum absolute atomic E-state index is 11.6. The lowest BCUT2D eigenvalue weighted by molar-refractivity contribution is -0.114. The van der Waals surface area contributed by atoms with Crippen LogP contribution < -0.4 is 15.8 Å². The summed E-state index contributed by atoms with van der Waals surface area (Å²) in [5.74, 6) is 0.370. The molecular weight excluding hydrogens is 404 g/mol. The van der Waals surface area contributed by atoms with E-state index in [1.165, 1.54) is 6.92 Å². The number of likely N-dealkylation sites (tertiary alicyclic amines) is 1. The van der Waals surface area contributed by atoms with Crippen molar-refractivity contribution in [2.75, 3.05) is 32.1 Å². The summed E-state index contributed by atoms with van der Waals surface area (Å²) in [6.45, 7) is 4.46. The summed E-state index contributed by atoms with van der Waals surface area (Å²) >= 11 is 0. The Bertz CT molecular complexity index is 1130. The minimum Gasteiger partial charge on any atom is -0.496 e. The minimum absolute atomic E-state index is 0.0799. The van der Waals surface area contributed by atoms with Crippen molar-refractivity contribution in [3.05, 3.63) is 59.8 Å². The molecule has 7 nitrogen and oxygen atoms in total. The Balaban J connectivity index is 1.39. The van der Waals surface area contributed by atoms with Crippen LogP contribution in [0.5, 0.6) is 5.75 Å². The molecule has 0 spiro atoms. The lowest BCUT2D eigenvalue weighted by Crippen LogP contribution is -2.35. The second-order valence-electron chi connectivity index (χ2n) is 8.39. The molecular formula is C25H30N4O3. The molecule has 2 amide bonds. The van der Waals surface area contributed by atoms with Crippen LogP contribution in [-0.4, -0.2) is 48.0 Å². The fourth-order valence-corrected chi connectivity index (χ4v) is 4.58. The second-order valence-corrected chi connectivity index (χ2v) is 8.39. The van der Waals surface area contributed by atoms with Crippen LogP contribution in [0.4, 0.5) is 5.69 Å². The maximum atomic E-state index is 11.6. The molecule has 0 aliphatic carbocycles. The summed E-state index contributed by atoms with van der Waals surface area (Å²) in [5, 5.41) is 3.97. The summed E-state index contributed by atoms with van der Waals surface area (Å²) in [4.78, 5) is 25.4. The predicted molar refractivity (Wildman–Crippen MR) is 126 cm³/mol. The number of methoxy groups -OCH3 is 1. The van der Waals surface area contributed by atoms with Crippen LogP contribution in [0.1, 0.15) is 41.7 Å². The number of carbonyl (C=O) groups is 2. The van der Waals surface area contributed by atoms with Crippen LogP contribution in [0.15, 0.2) is 48.7 Å². The maximum Gasteiger partial charge on any atom is 0.248 e. The average molecular weight is 435 g/mol. The average Bonchev–Trinajstić information content (AvgIpc) is 3.21. The van der Waals surface area contributed by atoms with Gasteiger partial charge in [0.25, 0.3) is 0 Å². The monoisotopic (exact) mass is 434 g/mol. The second kappa shape index (κ2) is 9.44. The molecule has 0 radical (unpaired) electrons. The van der Waals surface area contributed by atoms with Gasteiger partial charge < -0.3 is 25.3 Å². The van der Waals surface area contributed by atoms with E-state index in [9.17, 15) is 9.59 Å². The van der Waals surface area contributed by atoms with Crippen molar-refractivity contribution in [1.29, 1.82) is 0 Å². The number of primary amides is 1. The van der Waals surface area contributed by atoms with Gasteiger partial charge in [0.05, 0.1) is 7.11 Å². The number of benzene rings is 2. The third kappa shape index (κ3) is 4.78. The zero-order valence-corrected chi connectivity index (χ0v) is 18.6. The van der Waals surface area contributed by atoms with E-state index >= 15 is 0 Å². The van der Waals surface area contributed by atoms with Gasteiger partial charge in [0.1, 0.15) is 5.75 Å². The van der Waals surface area contributed by atoms with Crippen molar-refractivity contribution >= 4 is 28.4 Å². The first kappa shape index (κ1) is 21.9.